The van der Waals surface area contributed by atoms with Gasteiger partial charge in [-0.05, 0) is 13.3 Å². The molecule has 0 fully saturated rings. The maximum absolute atomic E-state index is 11.8. The third-order valence-corrected chi connectivity index (χ3v) is 2.86. The molecule has 1 aromatic heterocycles. The van der Waals surface area contributed by atoms with Crippen LogP contribution in [0.3, 0.4) is 0 Å². The normalized spacial score (nSPS) is 19.5. The number of aliphatic hydroxyl groups excluding tert-OH is 1. The summed E-state index contributed by atoms with van der Waals surface area (Å²) in [6, 6.07) is -0.653. The Labute approximate surface area is 96.2 Å². The minimum absolute atomic E-state index is 0.277. The van der Waals surface area contributed by atoms with Gasteiger partial charge in [0.05, 0.1) is 6.61 Å². The largest absolute Gasteiger partial charge is 0.392 e. The first-order chi connectivity index (χ1) is 8.04. The van der Waals surface area contributed by atoms with Gasteiger partial charge in [-0.3, -0.25) is 19.1 Å². The molecule has 1 aliphatic rings. The minimum atomic E-state index is -0.653. The van der Waals surface area contributed by atoms with E-state index < -0.39 is 17.3 Å². The molecule has 0 amide bonds. The Balaban J connectivity index is 2.45. The molecule has 6 heteroatoms. The molecular formula is C11H12N2O4. The summed E-state index contributed by atoms with van der Waals surface area (Å²) in [4.78, 5) is 36.7. The van der Waals surface area contributed by atoms with E-state index in [9.17, 15) is 14.4 Å². The molecule has 6 nitrogen and oxygen atoms in total. The van der Waals surface area contributed by atoms with E-state index in [1.54, 1.807) is 13.0 Å². The Bertz CT molecular complexity index is 609. The van der Waals surface area contributed by atoms with Crippen LogP contribution in [-0.2, 0) is 4.79 Å². The van der Waals surface area contributed by atoms with Crippen LogP contribution in [0.15, 0.2) is 27.4 Å². The summed E-state index contributed by atoms with van der Waals surface area (Å²) < 4.78 is 1.21. The molecule has 1 aliphatic carbocycles. The Hall–Kier alpha value is -1.95. The van der Waals surface area contributed by atoms with Crippen LogP contribution in [0, 0.1) is 6.92 Å². The number of hydrogen-bond donors (Lipinski definition) is 2. The molecule has 0 saturated carbocycles. The number of hydrogen-bond acceptors (Lipinski definition) is 4. The van der Waals surface area contributed by atoms with Crippen molar-refractivity contribution in [3.63, 3.8) is 0 Å². The molecule has 0 aromatic carbocycles. The highest BCUT2D eigenvalue weighted by molar-refractivity contribution is 6.00. The van der Waals surface area contributed by atoms with E-state index in [-0.39, 0.29) is 12.4 Å². The fraction of sp³-hybridized carbons (Fsp3) is 0.364. The van der Waals surface area contributed by atoms with Crippen LogP contribution in [0.1, 0.15) is 18.0 Å². The van der Waals surface area contributed by atoms with Crippen molar-refractivity contribution < 1.29 is 9.90 Å². The van der Waals surface area contributed by atoms with Gasteiger partial charge in [0.25, 0.3) is 5.56 Å². The van der Waals surface area contributed by atoms with E-state index in [0.29, 0.717) is 17.6 Å². The first kappa shape index (κ1) is 11.5. The lowest BCUT2D eigenvalue weighted by Crippen LogP contribution is -2.35. The summed E-state index contributed by atoms with van der Waals surface area (Å²) in [5, 5.41) is 8.93. The number of carbonyl (C=O) groups is 1. The molecule has 17 heavy (non-hydrogen) atoms. The second-order valence-corrected chi connectivity index (χ2v) is 3.98. The smallest absolute Gasteiger partial charge is 0.329 e. The molecule has 1 heterocycles. The topological polar surface area (TPSA) is 92.2 Å². The zero-order valence-electron chi connectivity index (χ0n) is 9.27. The van der Waals surface area contributed by atoms with E-state index in [0.717, 1.165) is 0 Å². The van der Waals surface area contributed by atoms with Gasteiger partial charge < -0.3 is 5.11 Å². The summed E-state index contributed by atoms with van der Waals surface area (Å²) in [7, 11) is 0. The van der Waals surface area contributed by atoms with Crippen LogP contribution >= 0.6 is 0 Å². The van der Waals surface area contributed by atoms with Gasteiger partial charge in [-0.25, -0.2) is 4.79 Å². The average molecular weight is 236 g/mol. The monoisotopic (exact) mass is 236 g/mol. The fourth-order valence-electron chi connectivity index (χ4n) is 1.88. The number of aromatic amines is 1. The summed E-state index contributed by atoms with van der Waals surface area (Å²) >= 11 is 0. The molecule has 0 saturated heterocycles. The summed E-state index contributed by atoms with van der Waals surface area (Å²) in [5.74, 6) is -0.277. The number of nitrogens with zero attached hydrogens (tertiary/aromatic N) is 1. The number of allylic oxidation sites excluding steroid dienone is 1. The van der Waals surface area contributed by atoms with Crippen LogP contribution < -0.4 is 11.2 Å². The van der Waals surface area contributed by atoms with Gasteiger partial charge in [0, 0.05) is 17.3 Å². The van der Waals surface area contributed by atoms with Gasteiger partial charge in [-0.2, -0.15) is 0 Å². The lowest BCUT2D eigenvalue weighted by atomic mass is 10.1. The van der Waals surface area contributed by atoms with E-state index in [2.05, 4.69) is 4.98 Å². The highest BCUT2D eigenvalue weighted by atomic mass is 16.3. The number of ketones is 1. The Morgan fingerprint density at radius 2 is 2.18 bits per heavy atom. The van der Waals surface area contributed by atoms with Gasteiger partial charge in [-0.15, -0.1) is 0 Å². The maximum atomic E-state index is 11.8. The van der Waals surface area contributed by atoms with Crippen molar-refractivity contribution in [3.8, 4) is 0 Å². The summed E-state index contributed by atoms with van der Waals surface area (Å²) in [6.07, 6.45) is 3.35. The quantitative estimate of drug-likeness (QED) is 0.708. The van der Waals surface area contributed by atoms with Crippen molar-refractivity contribution in [1.29, 1.82) is 0 Å². The number of aromatic nitrogens is 2. The predicted octanol–water partition coefficient (Wildman–Crippen LogP) is -0.722. The van der Waals surface area contributed by atoms with Crippen molar-refractivity contribution >= 4 is 5.78 Å². The zero-order chi connectivity index (χ0) is 12.6. The second-order valence-electron chi connectivity index (χ2n) is 3.98. The van der Waals surface area contributed by atoms with Crippen LogP contribution in [0.5, 0.6) is 0 Å². The molecule has 0 unspecified atom stereocenters. The van der Waals surface area contributed by atoms with Gasteiger partial charge in [0.1, 0.15) is 6.04 Å². The van der Waals surface area contributed by atoms with Crippen LogP contribution in [-0.4, -0.2) is 27.0 Å². The molecule has 2 N–H and O–H groups in total. The van der Waals surface area contributed by atoms with Crippen LogP contribution in [0.25, 0.3) is 0 Å². The van der Waals surface area contributed by atoms with Gasteiger partial charge >= 0.3 is 5.69 Å². The van der Waals surface area contributed by atoms with E-state index in [1.807, 2.05) is 0 Å². The molecule has 90 valence electrons. The van der Waals surface area contributed by atoms with Crippen molar-refractivity contribution in [2.45, 2.75) is 19.4 Å². The van der Waals surface area contributed by atoms with Crippen molar-refractivity contribution in [2.24, 2.45) is 0 Å². The fourth-order valence-corrected chi connectivity index (χ4v) is 1.88. The maximum Gasteiger partial charge on any atom is 0.329 e. The molecule has 1 atom stereocenters. The SMILES string of the molecule is Cc1cn([C@H]2CC=C(CO)C2=O)c(=O)[nH]c1=O. The first-order valence-electron chi connectivity index (χ1n) is 5.20. The minimum Gasteiger partial charge on any atom is -0.392 e. The number of rotatable bonds is 2. The lowest BCUT2D eigenvalue weighted by Gasteiger charge is -2.12. The average Bonchev–Trinajstić information content (AvgIpc) is 2.65. The van der Waals surface area contributed by atoms with Crippen molar-refractivity contribution in [1.82, 2.24) is 9.55 Å². The number of H-pyrrole nitrogens is 1. The van der Waals surface area contributed by atoms with E-state index >= 15 is 0 Å². The first-order valence-corrected chi connectivity index (χ1v) is 5.20. The summed E-state index contributed by atoms with van der Waals surface area (Å²) in [5.41, 5.74) is -0.376. The van der Waals surface area contributed by atoms with Crippen molar-refractivity contribution in [3.05, 3.63) is 44.2 Å². The molecular weight excluding hydrogens is 224 g/mol. The lowest BCUT2D eigenvalue weighted by molar-refractivity contribution is -0.118. The number of Topliss-reactive ketones (excluding diaryl/α,β-unsaturated/α-hetero) is 1. The Morgan fingerprint density at radius 3 is 2.76 bits per heavy atom. The molecule has 1 aromatic rings. The van der Waals surface area contributed by atoms with Gasteiger partial charge in [0.2, 0.25) is 0 Å². The molecule has 0 spiro atoms. The number of carbonyl (C=O) groups excluding carboxylic acids is 1. The molecule has 0 bridgehead atoms. The highest BCUT2D eigenvalue weighted by Gasteiger charge is 2.28. The molecule has 0 radical (unpaired) electrons. The van der Waals surface area contributed by atoms with Crippen LogP contribution in [0.2, 0.25) is 0 Å². The second kappa shape index (κ2) is 4.14. The van der Waals surface area contributed by atoms with Crippen molar-refractivity contribution in [2.75, 3.05) is 6.61 Å². The Morgan fingerprint density at radius 1 is 1.47 bits per heavy atom. The Kier molecular flexibility index (Phi) is 2.81. The molecule has 2 rings (SSSR count). The third kappa shape index (κ3) is 1.87. The standard InChI is InChI=1S/C11H12N2O4/c1-6-4-13(11(17)12-10(6)16)8-3-2-7(5-14)9(8)15/h2,4,8,14H,3,5H2,1H3,(H,12,16,17)/t8-/m0/s1. The van der Waals surface area contributed by atoms with Gasteiger partial charge in [0.15, 0.2) is 5.78 Å². The number of aryl methyl sites for hydroxylation is 1. The van der Waals surface area contributed by atoms with E-state index in [4.69, 9.17) is 5.11 Å². The highest BCUT2D eigenvalue weighted by Crippen LogP contribution is 2.23. The molecule has 0 aliphatic heterocycles. The van der Waals surface area contributed by atoms with E-state index in [1.165, 1.54) is 10.8 Å². The zero-order valence-corrected chi connectivity index (χ0v) is 9.27. The van der Waals surface area contributed by atoms with Crippen LogP contribution in [0.4, 0.5) is 0 Å². The van der Waals surface area contributed by atoms with Gasteiger partial charge in [-0.1, -0.05) is 6.08 Å². The number of nitrogens with one attached hydrogen (secondary N) is 1. The summed E-state index contributed by atoms with van der Waals surface area (Å²) in [6.45, 7) is 1.24. The predicted molar refractivity (Wildman–Crippen MR) is 59.9 cm³/mol. The number of aliphatic hydroxyl groups is 1. The third-order valence-electron chi connectivity index (χ3n) is 2.86.